The van der Waals surface area contributed by atoms with Crippen LogP contribution in [0, 0.1) is 0 Å². The number of pyridine rings is 1. The van der Waals surface area contributed by atoms with Crippen LogP contribution >= 0.6 is 11.6 Å². The molecule has 4 rings (SSSR count). The molecule has 2 heterocycles. The Morgan fingerprint density at radius 2 is 1.86 bits per heavy atom. The molecule has 180 valence electrons. The number of benzene rings is 2. The number of rotatable bonds is 9. The quantitative estimate of drug-likeness (QED) is 0.300. The van der Waals surface area contributed by atoms with Gasteiger partial charge in [-0.3, -0.25) is 9.59 Å². The molecule has 0 aliphatic carbocycles. The summed E-state index contributed by atoms with van der Waals surface area (Å²) in [7, 11) is 1.59. The van der Waals surface area contributed by atoms with Gasteiger partial charge in [0.25, 0.3) is 5.91 Å². The zero-order chi connectivity index (χ0) is 24.9. The normalized spacial score (nSPS) is 11.0. The van der Waals surface area contributed by atoms with Crippen molar-refractivity contribution in [1.29, 1.82) is 0 Å². The summed E-state index contributed by atoms with van der Waals surface area (Å²) < 4.78 is 7.28. The molecule has 0 unspecified atom stereocenters. The molecule has 6 nitrogen and oxygen atoms in total. The molecule has 0 saturated heterocycles. The van der Waals surface area contributed by atoms with Crippen LogP contribution in [0.2, 0.25) is 5.02 Å². The average molecular weight is 490 g/mol. The number of halogens is 1. The second-order valence-electron chi connectivity index (χ2n) is 8.41. The van der Waals surface area contributed by atoms with Crippen molar-refractivity contribution in [3.8, 4) is 5.75 Å². The molecule has 35 heavy (non-hydrogen) atoms. The summed E-state index contributed by atoms with van der Waals surface area (Å²) in [4.78, 5) is 30.3. The fraction of sp³-hybridized carbons (Fsp3) is 0.250. The largest absolute Gasteiger partial charge is 0.497 e. The number of nitrogens with zero attached hydrogens (tertiary/aromatic N) is 2. The molecular weight excluding hydrogens is 462 g/mol. The third-order valence-corrected chi connectivity index (χ3v) is 6.32. The lowest BCUT2D eigenvalue weighted by Gasteiger charge is -2.13. The molecule has 0 aliphatic heterocycles. The number of Topliss-reactive ketones (excluding diaryl/α,β-unsaturated/α-hetero) is 1. The lowest BCUT2D eigenvalue weighted by atomic mass is 10.1. The fourth-order valence-electron chi connectivity index (χ4n) is 4.28. The van der Waals surface area contributed by atoms with Gasteiger partial charge in [0.1, 0.15) is 17.1 Å². The van der Waals surface area contributed by atoms with Crippen molar-refractivity contribution in [2.75, 3.05) is 7.11 Å². The summed E-state index contributed by atoms with van der Waals surface area (Å²) in [5.74, 6) is 0.373. The summed E-state index contributed by atoms with van der Waals surface area (Å²) >= 11 is 6.54. The maximum Gasteiger partial charge on any atom is 0.270 e. The lowest BCUT2D eigenvalue weighted by Crippen LogP contribution is -2.24. The van der Waals surface area contributed by atoms with Crippen molar-refractivity contribution in [3.05, 3.63) is 93.8 Å². The summed E-state index contributed by atoms with van der Waals surface area (Å²) in [5, 5.41) is 4.23. The Morgan fingerprint density at radius 1 is 1.09 bits per heavy atom. The second kappa shape index (κ2) is 10.7. The number of ether oxygens (including phenoxy) is 1. The van der Waals surface area contributed by atoms with E-state index in [0.717, 1.165) is 28.6 Å². The van der Waals surface area contributed by atoms with Gasteiger partial charge in [-0.2, -0.15) is 0 Å². The standard InChI is InChI=1S/C28H28ClN3O3/c1-4-8-25-26(18(2)33)22-13-14-24(28(34)30-16-19-9-6-5-7-10-19)31-27(22)32(25)17-20-11-12-21(35-3)15-23(20)29/h5-7,9-15H,4,8,16-17H2,1-3H3,(H,30,34). The molecule has 0 saturated carbocycles. The van der Waals surface area contributed by atoms with Crippen LogP contribution in [0.15, 0.2) is 60.7 Å². The van der Waals surface area contributed by atoms with Gasteiger partial charge in [0.15, 0.2) is 5.78 Å². The number of methoxy groups -OCH3 is 1. The average Bonchev–Trinajstić information content (AvgIpc) is 3.17. The first-order valence-corrected chi connectivity index (χ1v) is 12.0. The van der Waals surface area contributed by atoms with Crippen molar-refractivity contribution in [2.24, 2.45) is 0 Å². The Labute approximate surface area is 209 Å². The molecule has 7 heteroatoms. The number of amides is 1. The van der Waals surface area contributed by atoms with Gasteiger partial charge in [-0.15, -0.1) is 0 Å². The molecule has 1 amide bonds. The predicted molar refractivity (Wildman–Crippen MR) is 138 cm³/mol. The Bertz CT molecular complexity index is 1380. The number of carbonyl (C=O) groups excluding carboxylic acids is 2. The maximum absolute atomic E-state index is 12.9. The highest BCUT2D eigenvalue weighted by Crippen LogP contribution is 2.30. The molecule has 0 fully saturated rings. The SMILES string of the molecule is CCCc1c(C(C)=O)c2ccc(C(=O)NCc3ccccc3)nc2n1Cc1ccc(OC)cc1Cl. The molecule has 2 aromatic heterocycles. The van der Waals surface area contributed by atoms with Crippen LogP contribution in [-0.4, -0.2) is 28.4 Å². The summed E-state index contributed by atoms with van der Waals surface area (Å²) in [6.07, 6.45) is 1.56. The fourth-order valence-corrected chi connectivity index (χ4v) is 4.51. The number of carbonyl (C=O) groups is 2. The van der Waals surface area contributed by atoms with Crippen molar-refractivity contribution in [1.82, 2.24) is 14.9 Å². The Balaban J connectivity index is 1.77. The van der Waals surface area contributed by atoms with E-state index in [-0.39, 0.29) is 11.7 Å². The molecule has 0 radical (unpaired) electrons. The zero-order valence-corrected chi connectivity index (χ0v) is 20.9. The van der Waals surface area contributed by atoms with Crippen LogP contribution in [-0.2, 0) is 19.5 Å². The number of fused-ring (bicyclic) bond motifs is 1. The minimum absolute atomic E-state index is 0.0268. The van der Waals surface area contributed by atoms with Gasteiger partial charge < -0.3 is 14.6 Å². The van der Waals surface area contributed by atoms with Gasteiger partial charge in [0.2, 0.25) is 0 Å². The van der Waals surface area contributed by atoms with E-state index < -0.39 is 0 Å². The number of hydrogen-bond acceptors (Lipinski definition) is 4. The molecule has 0 aliphatic rings. The van der Waals surface area contributed by atoms with E-state index in [1.54, 1.807) is 26.2 Å². The molecule has 0 spiro atoms. The van der Waals surface area contributed by atoms with Gasteiger partial charge in [-0.05, 0) is 48.7 Å². The van der Waals surface area contributed by atoms with Crippen LogP contribution in [0.1, 0.15) is 57.9 Å². The molecule has 0 atom stereocenters. The van der Waals surface area contributed by atoms with Gasteiger partial charge in [0.05, 0.1) is 13.7 Å². The van der Waals surface area contributed by atoms with Crippen molar-refractivity contribution in [2.45, 2.75) is 39.8 Å². The van der Waals surface area contributed by atoms with E-state index in [4.69, 9.17) is 21.3 Å². The third kappa shape index (κ3) is 5.23. The van der Waals surface area contributed by atoms with E-state index in [1.807, 2.05) is 53.1 Å². The van der Waals surface area contributed by atoms with Gasteiger partial charge in [-0.25, -0.2) is 4.98 Å². The van der Waals surface area contributed by atoms with Crippen molar-refractivity contribution < 1.29 is 14.3 Å². The molecular formula is C28H28ClN3O3. The lowest BCUT2D eigenvalue weighted by molar-refractivity contribution is 0.0945. The molecule has 2 aromatic carbocycles. The summed E-state index contributed by atoms with van der Waals surface area (Å²) in [5.41, 5.74) is 4.32. The zero-order valence-electron chi connectivity index (χ0n) is 20.1. The van der Waals surface area contributed by atoms with Gasteiger partial charge >= 0.3 is 0 Å². The molecule has 0 bridgehead atoms. The number of hydrogen-bond donors (Lipinski definition) is 1. The minimum Gasteiger partial charge on any atom is -0.497 e. The van der Waals surface area contributed by atoms with Gasteiger partial charge in [-0.1, -0.05) is 61.3 Å². The minimum atomic E-state index is -0.271. The van der Waals surface area contributed by atoms with Crippen LogP contribution in [0.5, 0.6) is 5.75 Å². The first kappa shape index (κ1) is 24.5. The van der Waals surface area contributed by atoms with Crippen LogP contribution in [0.3, 0.4) is 0 Å². The number of ketones is 1. The summed E-state index contributed by atoms with van der Waals surface area (Å²) in [6, 6.07) is 18.7. The van der Waals surface area contributed by atoms with E-state index in [2.05, 4.69) is 12.2 Å². The van der Waals surface area contributed by atoms with Crippen LogP contribution in [0.25, 0.3) is 11.0 Å². The Hall–Kier alpha value is -3.64. The summed E-state index contributed by atoms with van der Waals surface area (Å²) in [6.45, 7) is 4.47. The Morgan fingerprint density at radius 3 is 2.51 bits per heavy atom. The topological polar surface area (TPSA) is 73.2 Å². The van der Waals surface area contributed by atoms with E-state index in [0.29, 0.717) is 47.2 Å². The second-order valence-corrected chi connectivity index (χ2v) is 8.81. The first-order valence-electron chi connectivity index (χ1n) is 11.6. The third-order valence-electron chi connectivity index (χ3n) is 5.97. The monoisotopic (exact) mass is 489 g/mol. The highest BCUT2D eigenvalue weighted by molar-refractivity contribution is 6.31. The highest BCUT2D eigenvalue weighted by Gasteiger charge is 2.23. The van der Waals surface area contributed by atoms with E-state index >= 15 is 0 Å². The smallest absolute Gasteiger partial charge is 0.270 e. The first-order chi connectivity index (χ1) is 16.9. The van der Waals surface area contributed by atoms with Crippen molar-refractivity contribution >= 4 is 34.3 Å². The number of nitrogens with one attached hydrogen (secondary N) is 1. The predicted octanol–water partition coefficient (Wildman–Crippen LogP) is 5.83. The van der Waals surface area contributed by atoms with Crippen LogP contribution < -0.4 is 10.1 Å². The maximum atomic E-state index is 12.9. The van der Waals surface area contributed by atoms with E-state index in [1.165, 1.54) is 0 Å². The van der Waals surface area contributed by atoms with Crippen molar-refractivity contribution in [3.63, 3.8) is 0 Å². The molecule has 1 N–H and O–H groups in total. The number of aromatic nitrogens is 2. The van der Waals surface area contributed by atoms with Crippen LogP contribution in [0.4, 0.5) is 0 Å². The van der Waals surface area contributed by atoms with E-state index in [9.17, 15) is 9.59 Å². The highest BCUT2D eigenvalue weighted by atomic mass is 35.5. The Kier molecular flexibility index (Phi) is 7.51. The van der Waals surface area contributed by atoms with Gasteiger partial charge in [0, 0.05) is 28.2 Å². The molecule has 4 aromatic rings.